The number of imidazole rings is 1. The molecular weight excluding hydrogens is 274 g/mol. The number of aryl methyl sites for hydroxylation is 3. The summed E-state index contributed by atoms with van der Waals surface area (Å²) < 4.78 is 31.3. The minimum absolute atomic E-state index is 0.208. The van der Waals surface area contributed by atoms with Gasteiger partial charge >= 0.3 is 0 Å². The van der Waals surface area contributed by atoms with E-state index in [1.807, 2.05) is 19.9 Å². The van der Waals surface area contributed by atoms with Gasteiger partial charge in [0, 0.05) is 31.2 Å². The van der Waals surface area contributed by atoms with Gasteiger partial charge in [0.15, 0.2) is 5.82 Å². The minimum atomic E-state index is -0.656. The molecule has 21 heavy (non-hydrogen) atoms. The Hall–Kier alpha value is -2.50. The largest absolute Gasteiger partial charge is 0.334 e. The zero-order valence-corrected chi connectivity index (χ0v) is 11.9. The highest BCUT2D eigenvalue weighted by molar-refractivity contribution is 5.61. The maximum atomic E-state index is 14.1. The average Bonchev–Trinajstić information content (AvgIpc) is 2.96. The molecule has 1 aromatic carbocycles. The predicted octanol–water partition coefficient (Wildman–Crippen LogP) is 3.17. The molecule has 0 radical (unpaired) electrons. The van der Waals surface area contributed by atoms with Gasteiger partial charge in [0.25, 0.3) is 0 Å². The second-order valence-corrected chi connectivity index (χ2v) is 4.98. The summed E-state index contributed by atoms with van der Waals surface area (Å²) >= 11 is 0. The van der Waals surface area contributed by atoms with Gasteiger partial charge in [-0.25, -0.2) is 18.4 Å². The molecule has 0 saturated carbocycles. The fourth-order valence-corrected chi connectivity index (χ4v) is 2.37. The number of hydrogen-bond donors (Lipinski definition) is 0. The second kappa shape index (κ2) is 4.80. The molecule has 0 bridgehead atoms. The fraction of sp³-hybridized carbons (Fsp3) is 0.200. The summed E-state index contributed by atoms with van der Waals surface area (Å²) in [5.74, 6) is -0.862. The molecule has 2 aromatic heterocycles. The highest BCUT2D eigenvalue weighted by Crippen LogP contribution is 2.26. The molecule has 0 saturated heterocycles. The maximum absolute atomic E-state index is 14.1. The molecule has 0 amide bonds. The lowest BCUT2D eigenvalue weighted by molar-refractivity contribution is 0.573. The van der Waals surface area contributed by atoms with Crippen LogP contribution in [0.3, 0.4) is 0 Å². The summed E-state index contributed by atoms with van der Waals surface area (Å²) in [6, 6.07) is 4.14. The minimum Gasteiger partial charge on any atom is -0.334 e. The van der Waals surface area contributed by atoms with Gasteiger partial charge in [0.2, 0.25) is 0 Å². The van der Waals surface area contributed by atoms with Gasteiger partial charge < -0.3 is 4.57 Å². The van der Waals surface area contributed by atoms with Crippen LogP contribution in [0.5, 0.6) is 0 Å². The van der Waals surface area contributed by atoms with Crippen molar-refractivity contribution in [2.75, 3.05) is 0 Å². The van der Waals surface area contributed by atoms with E-state index in [9.17, 15) is 8.78 Å². The van der Waals surface area contributed by atoms with E-state index in [0.29, 0.717) is 5.82 Å². The first-order valence-corrected chi connectivity index (χ1v) is 6.47. The second-order valence-electron chi connectivity index (χ2n) is 4.98. The quantitative estimate of drug-likeness (QED) is 0.726. The van der Waals surface area contributed by atoms with Crippen LogP contribution in [-0.2, 0) is 7.05 Å². The van der Waals surface area contributed by atoms with Crippen molar-refractivity contribution in [1.29, 1.82) is 0 Å². The van der Waals surface area contributed by atoms with Crippen LogP contribution in [0.4, 0.5) is 8.78 Å². The third-order valence-electron chi connectivity index (χ3n) is 3.34. The zero-order valence-electron chi connectivity index (χ0n) is 11.9. The Labute approximate surface area is 120 Å². The molecule has 0 aliphatic heterocycles. The van der Waals surface area contributed by atoms with Gasteiger partial charge in [-0.1, -0.05) is 0 Å². The molecule has 0 fully saturated rings. The van der Waals surface area contributed by atoms with Crippen molar-refractivity contribution in [3.8, 4) is 17.1 Å². The van der Waals surface area contributed by atoms with Gasteiger partial charge in [0.05, 0.1) is 11.3 Å². The molecule has 0 aliphatic carbocycles. The van der Waals surface area contributed by atoms with Gasteiger partial charge in [-0.2, -0.15) is 5.10 Å². The summed E-state index contributed by atoms with van der Waals surface area (Å²) in [5, 5.41) is 4.24. The Morgan fingerprint density at radius 2 is 1.81 bits per heavy atom. The van der Waals surface area contributed by atoms with E-state index in [1.54, 1.807) is 24.0 Å². The highest BCUT2D eigenvalue weighted by atomic mass is 19.1. The molecule has 0 N–H and O–H groups in total. The van der Waals surface area contributed by atoms with Crippen molar-refractivity contribution in [3.05, 3.63) is 53.6 Å². The third kappa shape index (κ3) is 2.22. The number of hydrogen-bond acceptors (Lipinski definition) is 2. The number of rotatable bonds is 2. The lowest BCUT2D eigenvalue weighted by atomic mass is 10.1. The monoisotopic (exact) mass is 288 g/mol. The first kappa shape index (κ1) is 13.5. The Morgan fingerprint density at radius 1 is 1.05 bits per heavy atom. The predicted molar refractivity (Wildman–Crippen MR) is 75.2 cm³/mol. The number of aromatic nitrogens is 4. The topological polar surface area (TPSA) is 35.6 Å². The van der Waals surface area contributed by atoms with Gasteiger partial charge in [-0.05, 0) is 26.0 Å². The molecule has 3 rings (SSSR count). The highest BCUT2D eigenvalue weighted by Gasteiger charge is 2.17. The van der Waals surface area contributed by atoms with Gasteiger partial charge in [-0.3, -0.25) is 0 Å². The number of halogens is 2. The SMILES string of the molecule is Cc1cc(C)n(-c2cc(-c3nccn3C)c(F)cc2F)n1. The summed E-state index contributed by atoms with van der Waals surface area (Å²) in [6.45, 7) is 3.65. The van der Waals surface area contributed by atoms with Crippen LogP contribution in [0.2, 0.25) is 0 Å². The Kier molecular flexibility index (Phi) is 3.08. The number of benzene rings is 1. The molecular formula is C15H14F2N4. The standard InChI is InChI=1S/C15H14F2N4/c1-9-6-10(2)21(19-9)14-7-11(12(16)8-13(14)17)15-18-4-5-20(15)3/h4-8H,1-3H3. The summed E-state index contributed by atoms with van der Waals surface area (Å²) in [7, 11) is 1.76. The average molecular weight is 288 g/mol. The molecule has 0 atom stereocenters. The van der Waals surface area contributed by atoms with Crippen molar-refractivity contribution in [2.24, 2.45) is 7.05 Å². The molecule has 0 aliphatic rings. The van der Waals surface area contributed by atoms with Crippen molar-refractivity contribution in [3.63, 3.8) is 0 Å². The van der Waals surface area contributed by atoms with Crippen LogP contribution in [0, 0.1) is 25.5 Å². The summed E-state index contributed by atoms with van der Waals surface area (Å²) in [6.07, 6.45) is 3.28. The van der Waals surface area contributed by atoms with Crippen molar-refractivity contribution in [1.82, 2.24) is 19.3 Å². The van der Waals surface area contributed by atoms with E-state index in [1.165, 1.54) is 10.7 Å². The molecule has 108 valence electrons. The van der Waals surface area contributed by atoms with E-state index in [2.05, 4.69) is 10.1 Å². The van der Waals surface area contributed by atoms with Crippen LogP contribution < -0.4 is 0 Å². The first-order valence-electron chi connectivity index (χ1n) is 6.47. The van der Waals surface area contributed by atoms with Gasteiger partial charge in [-0.15, -0.1) is 0 Å². The Morgan fingerprint density at radius 3 is 2.38 bits per heavy atom. The van der Waals surface area contributed by atoms with Crippen LogP contribution in [0.1, 0.15) is 11.4 Å². The molecule has 4 nitrogen and oxygen atoms in total. The van der Waals surface area contributed by atoms with Crippen LogP contribution >= 0.6 is 0 Å². The molecule has 3 aromatic rings. The van der Waals surface area contributed by atoms with Gasteiger partial charge in [0.1, 0.15) is 17.3 Å². The van der Waals surface area contributed by atoms with E-state index < -0.39 is 11.6 Å². The normalized spacial score (nSPS) is 11.1. The summed E-state index contributed by atoms with van der Waals surface area (Å²) in [5.41, 5.74) is 2.00. The zero-order chi connectivity index (χ0) is 15.1. The lowest BCUT2D eigenvalue weighted by Gasteiger charge is -2.10. The number of nitrogens with zero attached hydrogens (tertiary/aromatic N) is 4. The van der Waals surface area contributed by atoms with Crippen molar-refractivity contribution < 1.29 is 8.78 Å². The smallest absolute Gasteiger partial charge is 0.151 e. The van der Waals surface area contributed by atoms with E-state index in [4.69, 9.17) is 0 Å². The van der Waals surface area contributed by atoms with Crippen LogP contribution in [0.15, 0.2) is 30.6 Å². The van der Waals surface area contributed by atoms with Crippen LogP contribution in [-0.4, -0.2) is 19.3 Å². The van der Waals surface area contributed by atoms with Crippen LogP contribution in [0.25, 0.3) is 17.1 Å². The van der Waals surface area contributed by atoms with E-state index >= 15 is 0 Å². The first-order chi connectivity index (χ1) is 9.97. The maximum Gasteiger partial charge on any atom is 0.151 e. The molecule has 0 spiro atoms. The van der Waals surface area contributed by atoms with Crippen molar-refractivity contribution >= 4 is 0 Å². The Balaban J connectivity index is 2.24. The fourth-order valence-electron chi connectivity index (χ4n) is 2.37. The Bertz CT molecular complexity index is 817. The summed E-state index contributed by atoms with van der Waals surface area (Å²) in [4.78, 5) is 4.11. The van der Waals surface area contributed by atoms with E-state index in [-0.39, 0.29) is 11.3 Å². The molecule has 0 unspecified atom stereocenters. The third-order valence-corrected chi connectivity index (χ3v) is 3.34. The van der Waals surface area contributed by atoms with E-state index in [0.717, 1.165) is 17.5 Å². The van der Waals surface area contributed by atoms with Crippen molar-refractivity contribution in [2.45, 2.75) is 13.8 Å². The molecule has 2 heterocycles. The lowest BCUT2D eigenvalue weighted by Crippen LogP contribution is -2.05. The molecule has 6 heteroatoms.